The molecule has 29 heavy (non-hydrogen) atoms. The van der Waals surface area contributed by atoms with Crippen LogP contribution in [0.2, 0.25) is 0 Å². The molecule has 2 amide bonds. The number of anilines is 1. The Morgan fingerprint density at radius 1 is 1.10 bits per heavy atom. The third-order valence-electron chi connectivity index (χ3n) is 6.09. The Bertz CT molecular complexity index is 819. The highest BCUT2D eigenvalue weighted by Crippen LogP contribution is 2.28. The molecule has 0 radical (unpaired) electrons. The number of likely N-dealkylation sites (tertiary alicyclic amines) is 1. The standard InChI is InChI=1S/C22H29N5O2/c28-20(26-15-1-2-16-26)9-6-18-4-7-19(8-5-18)25-21(29)22(10-13-23-14-11-22)27-17-3-12-24-27/h3-5,7-8,12,17,23H,1-2,6,9-11,13-16H2,(H,25,29). The fourth-order valence-corrected chi connectivity index (χ4v) is 4.30. The first kappa shape index (κ1) is 19.6. The Morgan fingerprint density at radius 3 is 2.48 bits per heavy atom. The van der Waals surface area contributed by atoms with E-state index in [1.54, 1.807) is 10.9 Å². The molecule has 0 saturated carbocycles. The summed E-state index contributed by atoms with van der Waals surface area (Å²) < 4.78 is 1.79. The number of aromatic nitrogens is 2. The van der Waals surface area contributed by atoms with Crippen molar-refractivity contribution in [3.63, 3.8) is 0 Å². The molecule has 0 atom stereocenters. The minimum atomic E-state index is -0.657. The minimum Gasteiger partial charge on any atom is -0.343 e. The molecule has 154 valence electrons. The number of piperidine rings is 1. The maximum Gasteiger partial charge on any atom is 0.252 e. The lowest BCUT2D eigenvalue weighted by molar-refractivity contribution is -0.130. The summed E-state index contributed by atoms with van der Waals surface area (Å²) in [5.74, 6) is 0.214. The van der Waals surface area contributed by atoms with Crippen LogP contribution in [-0.2, 0) is 21.5 Å². The van der Waals surface area contributed by atoms with Gasteiger partial charge in [-0.2, -0.15) is 5.10 Å². The molecular weight excluding hydrogens is 366 g/mol. The second kappa shape index (κ2) is 8.78. The first-order valence-corrected chi connectivity index (χ1v) is 10.6. The second-order valence-electron chi connectivity index (χ2n) is 7.97. The van der Waals surface area contributed by atoms with Crippen LogP contribution in [0.5, 0.6) is 0 Å². The molecule has 0 spiro atoms. The summed E-state index contributed by atoms with van der Waals surface area (Å²) in [5.41, 5.74) is 1.23. The number of amides is 2. The maximum atomic E-state index is 13.2. The van der Waals surface area contributed by atoms with Crippen LogP contribution in [0.3, 0.4) is 0 Å². The Morgan fingerprint density at radius 2 is 1.83 bits per heavy atom. The van der Waals surface area contributed by atoms with Crippen molar-refractivity contribution < 1.29 is 9.59 Å². The average molecular weight is 396 g/mol. The number of nitrogens with one attached hydrogen (secondary N) is 2. The summed E-state index contributed by atoms with van der Waals surface area (Å²) in [5, 5.41) is 10.7. The lowest BCUT2D eigenvalue weighted by atomic mass is 9.87. The van der Waals surface area contributed by atoms with E-state index in [1.165, 1.54) is 0 Å². The number of nitrogens with zero attached hydrogens (tertiary/aromatic N) is 3. The predicted octanol–water partition coefficient (Wildman–Crippen LogP) is 2.16. The summed E-state index contributed by atoms with van der Waals surface area (Å²) in [4.78, 5) is 27.4. The molecule has 2 aliphatic rings. The molecule has 7 nitrogen and oxygen atoms in total. The van der Waals surface area contributed by atoms with E-state index < -0.39 is 5.54 Å². The summed E-state index contributed by atoms with van der Waals surface area (Å²) in [6.07, 6.45) is 8.51. The fraction of sp³-hybridized carbons (Fsp3) is 0.500. The first-order valence-electron chi connectivity index (χ1n) is 10.6. The molecule has 0 bridgehead atoms. The minimum absolute atomic E-state index is 0.0281. The van der Waals surface area contributed by atoms with Gasteiger partial charge in [0.2, 0.25) is 5.91 Å². The van der Waals surface area contributed by atoms with Gasteiger partial charge < -0.3 is 15.5 Å². The number of aryl methyl sites for hydroxylation is 1. The van der Waals surface area contributed by atoms with Gasteiger partial charge in [0.1, 0.15) is 5.54 Å². The van der Waals surface area contributed by atoms with Crippen LogP contribution in [0.4, 0.5) is 5.69 Å². The van der Waals surface area contributed by atoms with Crippen LogP contribution in [0, 0.1) is 0 Å². The average Bonchev–Trinajstić information content (AvgIpc) is 3.48. The van der Waals surface area contributed by atoms with Crippen LogP contribution in [0.1, 0.15) is 37.7 Å². The lowest BCUT2D eigenvalue weighted by Gasteiger charge is -2.36. The van der Waals surface area contributed by atoms with Crippen molar-refractivity contribution in [2.45, 2.75) is 44.1 Å². The predicted molar refractivity (Wildman–Crippen MR) is 112 cm³/mol. The topological polar surface area (TPSA) is 79.3 Å². The van der Waals surface area contributed by atoms with Crippen LogP contribution < -0.4 is 10.6 Å². The zero-order valence-electron chi connectivity index (χ0n) is 16.8. The van der Waals surface area contributed by atoms with Crippen molar-refractivity contribution in [2.24, 2.45) is 0 Å². The molecule has 2 aromatic rings. The molecule has 0 unspecified atom stereocenters. The largest absolute Gasteiger partial charge is 0.343 e. The highest BCUT2D eigenvalue weighted by atomic mass is 16.2. The lowest BCUT2D eigenvalue weighted by Crippen LogP contribution is -2.52. The van der Waals surface area contributed by atoms with Crippen molar-refractivity contribution in [1.82, 2.24) is 20.0 Å². The number of benzene rings is 1. The first-order chi connectivity index (χ1) is 14.2. The van der Waals surface area contributed by atoms with E-state index in [2.05, 4.69) is 15.7 Å². The van der Waals surface area contributed by atoms with Crippen molar-refractivity contribution in [3.8, 4) is 0 Å². The van der Waals surface area contributed by atoms with E-state index in [4.69, 9.17) is 0 Å². The molecule has 4 rings (SSSR count). The molecule has 1 aromatic carbocycles. The molecule has 2 saturated heterocycles. The highest BCUT2D eigenvalue weighted by Gasteiger charge is 2.42. The van der Waals surface area contributed by atoms with Crippen molar-refractivity contribution in [2.75, 3.05) is 31.5 Å². The molecule has 2 fully saturated rings. The van der Waals surface area contributed by atoms with E-state index in [1.807, 2.05) is 41.4 Å². The fourth-order valence-electron chi connectivity index (χ4n) is 4.30. The smallest absolute Gasteiger partial charge is 0.252 e. The monoisotopic (exact) mass is 395 g/mol. The zero-order valence-corrected chi connectivity index (χ0v) is 16.8. The van der Waals surface area contributed by atoms with Gasteiger partial charge in [0, 0.05) is 37.6 Å². The van der Waals surface area contributed by atoms with Crippen molar-refractivity contribution >= 4 is 17.5 Å². The van der Waals surface area contributed by atoms with Crippen LogP contribution in [0.15, 0.2) is 42.7 Å². The van der Waals surface area contributed by atoms with Gasteiger partial charge in [0.05, 0.1) is 0 Å². The maximum absolute atomic E-state index is 13.2. The SMILES string of the molecule is O=C(CCc1ccc(NC(=O)C2(n3cccn3)CCNCC2)cc1)N1CCCC1. The Balaban J connectivity index is 1.37. The van der Waals surface area contributed by atoms with Gasteiger partial charge in [-0.3, -0.25) is 14.3 Å². The van der Waals surface area contributed by atoms with Gasteiger partial charge in [0.25, 0.3) is 5.91 Å². The molecule has 2 N–H and O–H groups in total. The number of carbonyl (C=O) groups excluding carboxylic acids is 2. The molecule has 1 aromatic heterocycles. The van der Waals surface area contributed by atoms with Crippen LogP contribution in [0.25, 0.3) is 0 Å². The van der Waals surface area contributed by atoms with E-state index in [0.29, 0.717) is 19.3 Å². The Labute approximate surface area is 171 Å². The highest BCUT2D eigenvalue weighted by molar-refractivity contribution is 5.96. The molecule has 3 heterocycles. The molecule has 2 aliphatic heterocycles. The molecule has 7 heteroatoms. The summed E-state index contributed by atoms with van der Waals surface area (Å²) in [6, 6.07) is 9.69. The quantitative estimate of drug-likeness (QED) is 0.786. The summed E-state index contributed by atoms with van der Waals surface area (Å²) >= 11 is 0. The third kappa shape index (κ3) is 4.34. The van der Waals surface area contributed by atoms with E-state index in [0.717, 1.165) is 56.7 Å². The summed E-state index contributed by atoms with van der Waals surface area (Å²) in [7, 11) is 0. The Hall–Kier alpha value is -2.67. The van der Waals surface area contributed by atoms with E-state index in [-0.39, 0.29) is 11.8 Å². The van der Waals surface area contributed by atoms with Crippen LogP contribution in [-0.4, -0.2) is 52.7 Å². The van der Waals surface area contributed by atoms with Gasteiger partial charge in [-0.25, -0.2) is 0 Å². The van der Waals surface area contributed by atoms with Gasteiger partial charge in [0.15, 0.2) is 0 Å². The molecular formula is C22H29N5O2. The van der Waals surface area contributed by atoms with Crippen LogP contribution >= 0.6 is 0 Å². The zero-order chi connectivity index (χ0) is 20.1. The van der Waals surface area contributed by atoms with E-state index in [9.17, 15) is 9.59 Å². The second-order valence-corrected chi connectivity index (χ2v) is 7.97. The van der Waals surface area contributed by atoms with Gasteiger partial charge in [-0.15, -0.1) is 0 Å². The number of hydrogen-bond acceptors (Lipinski definition) is 4. The van der Waals surface area contributed by atoms with Crippen molar-refractivity contribution in [1.29, 1.82) is 0 Å². The molecule has 0 aliphatic carbocycles. The third-order valence-corrected chi connectivity index (χ3v) is 6.09. The van der Waals surface area contributed by atoms with Gasteiger partial charge in [-0.1, -0.05) is 12.1 Å². The normalized spacial score (nSPS) is 18.6. The summed E-state index contributed by atoms with van der Waals surface area (Å²) in [6.45, 7) is 3.38. The number of hydrogen-bond donors (Lipinski definition) is 2. The van der Waals surface area contributed by atoms with E-state index >= 15 is 0 Å². The number of rotatable bonds is 6. The van der Waals surface area contributed by atoms with Gasteiger partial charge in [-0.05, 0) is 69.0 Å². The Kier molecular flexibility index (Phi) is 5.94. The van der Waals surface area contributed by atoms with Gasteiger partial charge >= 0.3 is 0 Å². The number of carbonyl (C=O) groups is 2. The van der Waals surface area contributed by atoms with Crippen molar-refractivity contribution in [3.05, 3.63) is 48.3 Å².